The molecule has 0 aromatic heterocycles. The second-order valence-corrected chi connectivity index (χ2v) is 5.44. The Balaban J connectivity index is 2.28. The Labute approximate surface area is 134 Å². The zero-order valence-electron chi connectivity index (χ0n) is 11.5. The van der Waals surface area contributed by atoms with Crippen LogP contribution < -0.4 is 5.84 Å². The average molecular weight is 342 g/mol. The minimum atomic E-state index is -4.56. The lowest BCUT2D eigenvalue weighted by Crippen LogP contribution is -2.52. The molecule has 0 radical (unpaired) electrons. The van der Waals surface area contributed by atoms with E-state index in [-0.39, 0.29) is 21.8 Å². The van der Waals surface area contributed by atoms with Gasteiger partial charge in [0.05, 0.1) is 11.3 Å². The van der Waals surface area contributed by atoms with E-state index in [1.54, 1.807) is 12.1 Å². The topological polar surface area (TPSA) is 61.8 Å². The van der Waals surface area contributed by atoms with Gasteiger partial charge in [0, 0.05) is 16.1 Å². The molecule has 0 saturated heterocycles. The zero-order valence-corrected chi connectivity index (χ0v) is 12.3. The van der Waals surface area contributed by atoms with Gasteiger partial charge in [0.1, 0.15) is 6.34 Å². The van der Waals surface area contributed by atoms with Gasteiger partial charge in [-0.2, -0.15) is 13.2 Å². The van der Waals surface area contributed by atoms with E-state index in [1.165, 1.54) is 18.2 Å². The zero-order chi connectivity index (χ0) is 16.8. The number of nitrogens with two attached hydrogens (primary N) is 1. The average Bonchev–Trinajstić information content (AvgIpc) is 2.50. The Morgan fingerprint density at radius 1 is 1.13 bits per heavy atom. The molecule has 8 heteroatoms. The molecule has 1 heterocycles. The van der Waals surface area contributed by atoms with Crippen LogP contribution in [-0.2, 0) is 11.9 Å². The molecule has 0 bridgehead atoms. The minimum Gasteiger partial charge on any atom is -0.362 e. The van der Waals surface area contributed by atoms with Crippen molar-refractivity contribution in [2.24, 2.45) is 10.8 Å². The summed E-state index contributed by atoms with van der Waals surface area (Å²) in [5.41, 5.74) is -2.72. The molecule has 2 aromatic carbocycles. The van der Waals surface area contributed by atoms with Crippen LogP contribution in [0.1, 0.15) is 16.7 Å². The first kappa shape index (κ1) is 15.8. The Bertz CT molecular complexity index is 794. The van der Waals surface area contributed by atoms with Crippen molar-refractivity contribution < 1.29 is 18.3 Å². The van der Waals surface area contributed by atoms with Crippen LogP contribution in [0.4, 0.5) is 18.9 Å². The van der Waals surface area contributed by atoms with E-state index in [0.717, 1.165) is 23.5 Å². The Kier molecular flexibility index (Phi) is 3.59. The molecule has 23 heavy (non-hydrogen) atoms. The SMILES string of the molecule is NN1C=Nc2ccc(C(F)(F)F)cc2C1(O)c1ccccc1Cl. The summed E-state index contributed by atoms with van der Waals surface area (Å²) in [6.45, 7) is 0. The second kappa shape index (κ2) is 5.23. The van der Waals surface area contributed by atoms with Crippen molar-refractivity contribution in [1.29, 1.82) is 0 Å². The number of hydrazine groups is 1. The standard InChI is InChI=1S/C15H11ClF3N3O/c16-12-4-2-1-3-10(12)14(23)11-7-9(15(17,18)19)5-6-13(11)21-8-22(14)20/h1-8,23H,20H2. The van der Waals surface area contributed by atoms with Crippen LogP contribution in [-0.4, -0.2) is 16.5 Å². The van der Waals surface area contributed by atoms with Gasteiger partial charge in [-0.1, -0.05) is 29.8 Å². The monoisotopic (exact) mass is 341 g/mol. The summed E-state index contributed by atoms with van der Waals surface area (Å²) in [4.78, 5) is 3.95. The highest BCUT2D eigenvalue weighted by Gasteiger charge is 2.43. The van der Waals surface area contributed by atoms with Crippen molar-refractivity contribution >= 4 is 23.6 Å². The number of aliphatic imine (C=N–C) groups is 1. The van der Waals surface area contributed by atoms with Crippen molar-refractivity contribution in [2.75, 3.05) is 0 Å². The quantitative estimate of drug-likeness (QED) is 0.781. The fourth-order valence-corrected chi connectivity index (χ4v) is 2.75. The fourth-order valence-electron chi connectivity index (χ4n) is 2.48. The smallest absolute Gasteiger partial charge is 0.362 e. The van der Waals surface area contributed by atoms with E-state index in [1.807, 2.05) is 0 Å². The van der Waals surface area contributed by atoms with Gasteiger partial charge in [0.2, 0.25) is 5.72 Å². The summed E-state index contributed by atoms with van der Waals surface area (Å²) in [6.07, 6.45) is -3.42. The highest BCUT2D eigenvalue weighted by molar-refractivity contribution is 6.31. The molecule has 120 valence electrons. The molecule has 1 aliphatic heterocycles. The highest BCUT2D eigenvalue weighted by Crippen LogP contribution is 2.44. The summed E-state index contributed by atoms with van der Waals surface area (Å²) in [7, 11) is 0. The summed E-state index contributed by atoms with van der Waals surface area (Å²) in [5, 5.41) is 12.1. The maximum absolute atomic E-state index is 13.0. The van der Waals surface area contributed by atoms with Crippen LogP contribution in [0.25, 0.3) is 0 Å². The number of rotatable bonds is 1. The van der Waals surface area contributed by atoms with E-state index >= 15 is 0 Å². The predicted octanol–water partition coefficient (Wildman–Crippen LogP) is 3.40. The first-order valence-corrected chi connectivity index (χ1v) is 6.89. The van der Waals surface area contributed by atoms with Gasteiger partial charge >= 0.3 is 6.18 Å². The van der Waals surface area contributed by atoms with Gasteiger partial charge in [0.15, 0.2) is 0 Å². The van der Waals surface area contributed by atoms with Gasteiger partial charge in [-0.15, -0.1) is 0 Å². The first-order chi connectivity index (χ1) is 10.7. The Morgan fingerprint density at radius 3 is 2.48 bits per heavy atom. The fraction of sp³-hybridized carbons (Fsp3) is 0.133. The van der Waals surface area contributed by atoms with Crippen molar-refractivity contribution in [2.45, 2.75) is 11.9 Å². The molecule has 3 N–H and O–H groups in total. The number of nitrogens with zero attached hydrogens (tertiary/aromatic N) is 2. The molecule has 1 unspecified atom stereocenters. The molecule has 0 saturated carbocycles. The minimum absolute atomic E-state index is 0.0922. The van der Waals surface area contributed by atoms with Crippen LogP contribution in [0.5, 0.6) is 0 Å². The van der Waals surface area contributed by atoms with Crippen LogP contribution >= 0.6 is 11.6 Å². The third-order valence-corrected chi connectivity index (χ3v) is 3.97. The van der Waals surface area contributed by atoms with Gasteiger partial charge < -0.3 is 5.11 Å². The summed E-state index contributed by atoms with van der Waals surface area (Å²) < 4.78 is 39.0. The first-order valence-electron chi connectivity index (χ1n) is 6.52. The number of alkyl halides is 3. The van der Waals surface area contributed by atoms with Crippen molar-refractivity contribution in [3.05, 3.63) is 64.2 Å². The molecule has 2 aromatic rings. The van der Waals surface area contributed by atoms with Crippen LogP contribution in [0.3, 0.4) is 0 Å². The normalized spacial score (nSPS) is 20.5. The van der Waals surface area contributed by atoms with Gasteiger partial charge in [-0.05, 0) is 24.3 Å². The number of aliphatic hydroxyl groups is 1. The molecule has 0 aliphatic carbocycles. The molecule has 1 atom stereocenters. The lowest BCUT2D eigenvalue weighted by atomic mass is 9.90. The van der Waals surface area contributed by atoms with Crippen molar-refractivity contribution in [3.63, 3.8) is 0 Å². The van der Waals surface area contributed by atoms with E-state index < -0.39 is 17.5 Å². The molecule has 0 spiro atoms. The predicted molar refractivity (Wildman–Crippen MR) is 80.1 cm³/mol. The summed E-state index contributed by atoms with van der Waals surface area (Å²) >= 11 is 6.10. The third-order valence-electron chi connectivity index (χ3n) is 3.64. The van der Waals surface area contributed by atoms with Crippen LogP contribution in [0, 0.1) is 0 Å². The second-order valence-electron chi connectivity index (χ2n) is 5.03. The molecule has 1 aliphatic rings. The van der Waals surface area contributed by atoms with Crippen molar-refractivity contribution in [3.8, 4) is 0 Å². The molecule has 0 amide bonds. The van der Waals surface area contributed by atoms with Gasteiger partial charge in [-0.3, -0.25) is 5.01 Å². The van der Waals surface area contributed by atoms with E-state index in [2.05, 4.69) is 4.99 Å². The molecular weight excluding hydrogens is 331 g/mol. The van der Waals surface area contributed by atoms with Crippen molar-refractivity contribution in [1.82, 2.24) is 5.01 Å². The van der Waals surface area contributed by atoms with Gasteiger partial charge in [0.25, 0.3) is 0 Å². The molecular formula is C15H11ClF3N3O. The number of halogens is 4. The van der Waals surface area contributed by atoms with E-state index in [9.17, 15) is 18.3 Å². The third kappa shape index (κ3) is 2.46. The lowest BCUT2D eigenvalue weighted by Gasteiger charge is -2.39. The van der Waals surface area contributed by atoms with Crippen LogP contribution in [0.15, 0.2) is 47.5 Å². The maximum atomic E-state index is 13.0. The number of fused-ring (bicyclic) bond motifs is 1. The lowest BCUT2D eigenvalue weighted by molar-refractivity contribution is -0.137. The molecule has 4 nitrogen and oxygen atoms in total. The number of benzene rings is 2. The van der Waals surface area contributed by atoms with Crippen LogP contribution in [0.2, 0.25) is 5.02 Å². The summed E-state index contributed by atoms with van der Waals surface area (Å²) in [6, 6.07) is 9.16. The van der Waals surface area contributed by atoms with Gasteiger partial charge in [-0.25, -0.2) is 10.8 Å². The number of hydrogen-bond donors (Lipinski definition) is 2. The van der Waals surface area contributed by atoms with E-state index in [0.29, 0.717) is 0 Å². The maximum Gasteiger partial charge on any atom is 0.416 e. The molecule has 0 fully saturated rings. The summed E-state index contributed by atoms with van der Waals surface area (Å²) in [5.74, 6) is 5.78. The largest absolute Gasteiger partial charge is 0.416 e. The molecule has 3 rings (SSSR count). The Morgan fingerprint density at radius 2 is 1.83 bits per heavy atom. The number of hydrogen-bond acceptors (Lipinski definition) is 4. The Hall–Kier alpha value is -2.09. The highest BCUT2D eigenvalue weighted by atomic mass is 35.5. The van der Waals surface area contributed by atoms with E-state index in [4.69, 9.17) is 17.4 Å².